The molecular formula is C20H27F2N3O2S. The highest BCUT2D eigenvalue weighted by Gasteiger charge is 2.13. The van der Waals surface area contributed by atoms with E-state index in [1.165, 1.54) is 23.9 Å². The lowest BCUT2D eigenvalue weighted by atomic mass is 10.1. The SMILES string of the molecule is CCCCn1c(SCC(=O)NCCc2ccc(OC(F)F)cc2)nc(C)c1C. The Hall–Kier alpha value is -2.09. The van der Waals surface area contributed by atoms with Crippen LogP contribution in [0, 0.1) is 13.8 Å². The molecule has 0 bridgehead atoms. The highest BCUT2D eigenvalue weighted by Crippen LogP contribution is 2.21. The van der Waals surface area contributed by atoms with E-state index in [4.69, 9.17) is 0 Å². The van der Waals surface area contributed by atoms with E-state index >= 15 is 0 Å². The van der Waals surface area contributed by atoms with Crippen LogP contribution in [0.5, 0.6) is 5.75 Å². The molecule has 0 aliphatic rings. The van der Waals surface area contributed by atoms with E-state index in [-0.39, 0.29) is 11.7 Å². The number of halogens is 2. The van der Waals surface area contributed by atoms with Gasteiger partial charge in [0.25, 0.3) is 0 Å². The van der Waals surface area contributed by atoms with Crippen molar-refractivity contribution in [1.29, 1.82) is 0 Å². The normalized spacial score (nSPS) is 11.1. The van der Waals surface area contributed by atoms with Crippen LogP contribution < -0.4 is 10.1 Å². The van der Waals surface area contributed by atoms with Gasteiger partial charge in [0.1, 0.15) is 5.75 Å². The third-order valence-electron chi connectivity index (χ3n) is 4.37. The van der Waals surface area contributed by atoms with E-state index in [9.17, 15) is 13.6 Å². The number of hydrogen-bond donors (Lipinski definition) is 1. The number of ether oxygens (including phenoxy) is 1. The summed E-state index contributed by atoms with van der Waals surface area (Å²) in [5, 5.41) is 3.77. The van der Waals surface area contributed by atoms with Gasteiger partial charge >= 0.3 is 6.61 Å². The highest BCUT2D eigenvalue weighted by atomic mass is 32.2. The second kappa shape index (κ2) is 11.0. The second-order valence-corrected chi connectivity index (χ2v) is 7.42. The summed E-state index contributed by atoms with van der Waals surface area (Å²) in [6.45, 7) is 4.76. The highest BCUT2D eigenvalue weighted by molar-refractivity contribution is 7.99. The molecule has 1 aromatic carbocycles. The quantitative estimate of drug-likeness (QED) is 0.559. The molecule has 1 aromatic heterocycles. The third-order valence-corrected chi connectivity index (χ3v) is 5.35. The molecule has 154 valence electrons. The standard InChI is InChI=1S/C20H27F2N3O2S/c1-4-5-12-25-15(3)14(2)24-20(25)28-13-18(26)23-11-10-16-6-8-17(9-7-16)27-19(21)22/h6-9,19H,4-5,10-13H2,1-3H3,(H,23,26). The molecule has 0 aliphatic carbocycles. The number of amides is 1. The number of imidazole rings is 1. The van der Waals surface area contributed by atoms with Crippen molar-refractivity contribution < 1.29 is 18.3 Å². The molecule has 1 amide bonds. The largest absolute Gasteiger partial charge is 0.435 e. The average molecular weight is 412 g/mol. The van der Waals surface area contributed by atoms with Crippen LogP contribution in [-0.2, 0) is 17.8 Å². The van der Waals surface area contributed by atoms with Crippen LogP contribution >= 0.6 is 11.8 Å². The van der Waals surface area contributed by atoms with Crippen molar-refractivity contribution in [3.05, 3.63) is 41.2 Å². The lowest BCUT2D eigenvalue weighted by Gasteiger charge is -2.09. The number of carbonyl (C=O) groups is 1. The summed E-state index contributed by atoms with van der Waals surface area (Å²) >= 11 is 1.45. The van der Waals surface area contributed by atoms with E-state index in [1.54, 1.807) is 12.1 Å². The van der Waals surface area contributed by atoms with E-state index in [0.717, 1.165) is 41.5 Å². The number of nitrogens with zero attached hydrogens (tertiary/aromatic N) is 2. The minimum atomic E-state index is -2.83. The molecule has 0 spiro atoms. The first-order chi connectivity index (χ1) is 13.4. The number of aryl methyl sites for hydroxylation is 1. The van der Waals surface area contributed by atoms with Crippen molar-refractivity contribution in [2.24, 2.45) is 0 Å². The summed E-state index contributed by atoms with van der Waals surface area (Å²) in [4.78, 5) is 16.7. The van der Waals surface area contributed by atoms with Gasteiger partial charge in [-0.2, -0.15) is 8.78 Å². The van der Waals surface area contributed by atoms with E-state index < -0.39 is 6.61 Å². The second-order valence-electron chi connectivity index (χ2n) is 6.48. The number of alkyl halides is 2. The molecule has 2 rings (SSSR count). The fraction of sp³-hybridized carbons (Fsp3) is 0.500. The minimum absolute atomic E-state index is 0.0528. The number of thioether (sulfide) groups is 1. The predicted molar refractivity (Wildman–Crippen MR) is 107 cm³/mol. The number of hydrogen-bond acceptors (Lipinski definition) is 4. The molecule has 28 heavy (non-hydrogen) atoms. The van der Waals surface area contributed by atoms with Crippen molar-refractivity contribution >= 4 is 17.7 Å². The smallest absolute Gasteiger partial charge is 0.387 e. The summed E-state index contributed by atoms with van der Waals surface area (Å²) in [6, 6.07) is 6.43. The molecular weight excluding hydrogens is 384 g/mol. The number of aromatic nitrogens is 2. The molecule has 0 aliphatic heterocycles. The van der Waals surface area contributed by atoms with Crippen LogP contribution in [-0.4, -0.2) is 34.4 Å². The number of unbranched alkanes of at least 4 members (excludes halogenated alkanes) is 1. The van der Waals surface area contributed by atoms with Crippen LogP contribution in [0.1, 0.15) is 36.7 Å². The Morgan fingerprint density at radius 2 is 2.00 bits per heavy atom. The first kappa shape index (κ1) is 22.2. The molecule has 0 atom stereocenters. The number of rotatable bonds is 11. The Morgan fingerprint density at radius 3 is 2.64 bits per heavy atom. The van der Waals surface area contributed by atoms with Crippen LogP contribution in [0.4, 0.5) is 8.78 Å². The van der Waals surface area contributed by atoms with Gasteiger partial charge in [0.15, 0.2) is 5.16 Å². The molecule has 0 radical (unpaired) electrons. The van der Waals surface area contributed by atoms with Crippen molar-refractivity contribution in [2.75, 3.05) is 12.3 Å². The summed E-state index contributed by atoms with van der Waals surface area (Å²) in [7, 11) is 0. The minimum Gasteiger partial charge on any atom is -0.435 e. The lowest BCUT2D eigenvalue weighted by Crippen LogP contribution is -2.27. The first-order valence-electron chi connectivity index (χ1n) is 9.37. The molecule has 8 heteroatoms. The molecule has 5 nitrogen and oxygen atoms in total. The maximum absolute atomic E-state index is 12.1. The Morgan fingerprint density at radius 1 is 1.29 bits per heavy atom. The Kier molecular flexibility index (Phi) is 8.76. The van der Waals surface area contributed by atoms with Crippen molar-refractivity contribution in [3.63, 3.8) is 0 Å². The topological polar surface area (TPSA) is 56.2 Å². The maximum atomic E-state index is 12.1. The monoisotopic (exact) mass is 411 g/mol. The van der Waals surface area contributed by atoms with Gasteiger partial charge in [0.2, 0.25) is 5.91 Å². The van der Waals surface area contributed by atoms with Gasteiger partial charge < -0.3 is 14.6 Å². The number of carbonyl (C=O) groups excluding carboxylic acids is 1. The summed E-state index contributed by atoms with van der Waals surface area (Å²) in [5.74, 6) is 0.384. The third kappa shape index (κ3) is 6.82. The summed E-state index contributed by atoms with van der Waals surface area (Å²) in [5.41, 5.74) is 3.09. The van der Waals surface area contributed by atoms with Gasteiger partial charge in [-0.3, -0.25) is 4.79 Å². The molecule has 1 N–H and O–H groups in total. The van der Waals surface area contributed by atoms with Crippen molar-refractivity contribution in [1.82, 2.24) is 14.9 Å². The first-order valence-corrected chi connectivity index (χ1v) is 10.4. The zero-order valence-corrected chi connectivity index (χ0v) is 17.3. The molecule has 1 heterocycles. The Balaban J connectivity index is 1.76. The van der Waals surface area contributed by atoms with Gasteiger partial charge in [-0.1, -0.05) is 37.2 Å². The summed E-state index contributed by atoms with van der Waals surface area (Å²) in [6.07, 6.45) is 2.81. The summed E-state index contributed by atoms with van der Waals surface area (Å²) < 4.78 is 30.8. The molecule has 0 fully saturated rings. The average Bonchev–Trinajstić information content (AvgIpc) is 2.93. The lowest BCUT2D eigenvalue weighted by molar-refractivity contribution is -0.118. The maximum Gasteiger partial charge on any atom is 0.387 e. The molecule has 2 aromatic rings. The number of nitrogens with one attached hydrogen (secondary N) is 1. The van der Waals surface area contributed by atoms with Crippen LogP contribution in [0.15, 0.2) is 29.4 Å². The van der Waals surface area contributed by atoms with Crippen LogP contribution in [0.2, 0.25) is 0 Å². The van der Waals surface area contributed by atoms with Gasteiger partial charge in [-0.15, -0.1) is 0 Å². The van der Waals surface area contributed by atoms with Gasteiger partial charge in [0.05, 0.1) is 11.4 Å². The van der Waals surface area contributed by atoms with Crippen molar-refractivity contribution in [3.8, 4) is 5.75 Å². The van der Waals surface area contributed by atoms with Crippen LogP contribution in [0.3, 0.4) is 0 Å². The van der Waals surface area contributed by atoms with Gasteiger partial charge in [0, 0.05) is 18.8 Å². The van der Waals surface area contributed by atoms with Gasteiger partial charge in [-0.25, -0.2) is 4.98 Å². The van der Waals surface area contributed by atoms with Crippen LogP contribution in [0.25, 0.3) is 0 Å². The molecule has 0 saturated carbocycles. The fourth-order valence-electron chi connectivity index (χ4n) is 2.68. The Bertz CT molecular complexity index is 764. The fourth-order valence-corrected chi connectivity index (χ4v) is 3.63. The molecule has 0 unspecified atom stereocenters. The predicted octanol–water partition coefficient (Wildman–Crippen LogP) is 4.35. The zero-order chi connectivity index (χ0) is 20.5. The van der Waals surface area contributed by atoms with E-state index in [0.29, 0.717) is 18.7 Å². The zero-order valence-electron chi connectivity index (χ0n) is 16.5. The Labute approximate surface area is 168 Å². The van der Waals surface area contributed by atoms with Gasteiger partial charge in [-0.05, 0) is 44.4 Å². The van der Waals surface area contributed by atoms with E-state index in [2.05, 4.69) is 33.5 Å². The van der Waals surface area contributed by atoms with E-state index in [1.807, 2.05) is 6.92 Å². The number of benzene rings is 1. The molecule has 0 saturated heterocycles. The van der Waals surface area contributed by atoms with Crippen molar-refractivity contribution in [2.45, 2.75) is 58.3 Å².